The first-order valence-corrected chi connectivity index (χ1v) is 5.79. The van der Waals surface area contributed by atoms with Crippen LogP contribution in [0.2, 0.25) is 0 Å². The van der Waals surface area contributed by atoms with Crippen LogP contribution in [-0.2, 0) is 5.41 Å². The molecular weight excluding hydrogens is 231 g/mol. The summed E-state index contributed by atoms with van der Waals surface area (Å²) in [5.41, 5.74) is 8.11. The predicted octanol–water partition coefficient (Wildman–Crippen LogP) is 2.59. The Morgan fingerprint density at radius 1 is 1.28 bits per heavy atom. The lowest BCUT2D eigenvalue weighted by atomic mass is 9.91. The normalized spacial score (nSPS) is 11.8. The molecule has 1 aromatic heterocycles. The van der Waals surface area contributed by atoms with Gasteiger partial charge in [-0.05, 0) is 30.7 Å². The van der Waals surface area contributed by atoms with Crippen molar-refractivity contribution in [3.63, 3.8) is 0 Å². The molecule has 0 amide bonds. The minimum Gasteiger partial charge on any atom is -0.381 e. The number of anilines is 1. The van der Waals surface area contributed by atoms with Crippen LogP contribution in [0.3, 0.4) is 0 Å². The van der Waals surface area contributed by atoms with E-state index in [1.165, 1.54) is 12.1 Å². The lowest BCUT2D eigenvalue weighted by molar-refractivity contribution is 0.543. The summed E-state index contributed by atoms with van der Waals surface area (Å²) in [6, 6.07) is 4.57. The third-order valence-corrected chi connectivity index (χ3v) is 2.79. The van der Waals surface area contributed by atoms with Crippen LogP contribution >= 0.6 is 0 Å². The van der Waals surface area contributed by atoms with Crippen molar-refractivity contribution in [3.8, 4) is 5.69 Å². The first-order valence-electron chi connectivity index (χ1n) is 5.79. The minimum atomic E-state index is -0.262. The predicted molar refractivity (Wildman–Crippen MR) is 69.2 cm³/mol. The third kappa shape index (κ3) is 2.08. The standard InChI is InChI=1S/C13H17FN4/c1-8-7-9(14)5-6-10(8)18-11(13(2,3)4)12(15)16-17-18/h5-7H,15H2,1-4H3. The molecule has 0 radical (unpaired) electrons. The van der Waals surface area contributed by atoms with Gasteiger partial charge in [0, 0.05) is 5.41 Å². The molecule has 0 aliphatic carbocycles. The van der Waals surface area contributed by atoms with Gasteiger partial charge in [-0.15, -0.1) is 5.10 Å². The Hall–Kier alpha value is -1.91. The van der Waals surface area contributed by atoms with Crippen molar-refractivity contribution in [1.29, 1.82) is 0 Å². The molecule has 0 aliphatic rings. The summed E-state index contributed by atoms with van der Waals surface area (Å²) < 4.78 is 14.8. The second-order valence-electron chi connectivity index (χ2n) is 5.42. The molecule has 0 saturated heterocycles. The number of aryl methyl sites for hydroxylation is 1. The molecule has 0 atom stereocenters. The number of hydrogen-bond acceptors (Lipinski definition) is 3. The maximum atomic E-state index is 13.1. The molecule has 1 aromatic carbocycles. The van der Waals surface area contributed by atoms with Gasteiger partial charge >= 0.3 is 0 Å². The highest BCUT2D eigenvalue weighted by molar-refractivity contribution is 5.47. The molecule has 2 rings (SSSR count). The molecule has 0 bridgehead atoms. The average Bonchev–Trinajstić information content (AvgIpc) is 2.59. The van der Waals surface area contributed by atoms with E-state index in [4.69, 9.17) is 5.73 Å². The van der Waals surface area contributed by atoms with Crippen LogP contribution in [0, 0.1) is 12.7 Å². The number of halogens is 1. The van der Waals surface area contributed by atoms with Gasteiger partial charge in [0.2, 0.25) is 0 Å². The van der Waals surface area contributed by atoms with Gasteiger partial charge < -0.3 is 5.73 Å². The van der Waals surface area contributed by atoms with E-state index in [9.17, 15) is 4.39 Å². The van der Waals surface area contributed by atoms with Crippen molar-refractivity contribution in [2.24, 2.45) is 0 Å². The second-order valence-corrected chi connectivity index (χ2v) is 5.42. The van der Waals surface area contributed by atoms with Gasteiger partial charge in [0.1, 0.15) is 5.82 Å². The van der Waals surface area contributed by atoms with E-state index in [1.807, 2.05) is 27.7 Å². The number of rotatable bonds is 1. The van der Waals surface area contributed by atoms with Crippen molar-refractivity contribution in [2.75, 3.05) is 5.73 Å². The van der Waals surface area contributed by atoms with Crippen molar-refractivity contribution >= 4 is 5.82 Å². The molecule has 4 nitrogen and oxygen atoms in total. The number of benzene rings is 1. The zero-order chi connectivity index (χ0) is 13.5. The topological polar surface area (TPSA) is 56.7 Å². The van der Waals surface area contributed by atoms with Crippen LogP contribution in [-0.4, -0.2) is 15.0 Å². The summed E-state index contributed by atoms with van der Waals surface area (Å²) in [6.45, 7) is 7.95. The molecule has 0 fully saturated rings. The highest BCUT2D eigenvalue weighted by Crippen LogP contribution is 2.29. The molecule has 2 N–H and O–H groups in total. The van der Waals surface area contributed by atoms with E-state index in [0.29, 0.717) is 5.82 Å². The van der Waals surface area contributed by atoms with Gasteiger partial charge in [-0.2, -0.15) is 0 Å². The summed E-state index contributed by atoms with van der Waals surface area (Å²) in [7, 11) is 0. The zero-order valence-corrected chi connectivity index (χ0v) is 11.0. The maximum Gasteiger partial charge on any atom is 0.170 e. The van der Waals surface area contributed by atoms with E-state index in [-0.39, 0.29) is 11.2 Å². The molecule has 0 spiro atoms. The highest BCUT2D eigenvalue weighted by Gasteiger charge is 2.25. The lowest BCUT2D eigenvalue weighted by Crippen LogP contribution is -2.19. The van der Waals surface area contributed by atoms with Crippen LogP contribution in [0.15, 0.2) is 18.2 Å². The van der Waals surface area contributed by atoms with Gasteiger partial charge in [0.05, 0.1) is 11.4 Å². The average molecular weight is 248 g/mol. The molecule has 18 heavy (non-hydrogen) atoms. The molecule has 2 aromatic rings. The molecule has 0 unspecified atom stereocenters. The quantitative estimate of drug-likeness (QED) is 0.844. The zero-order valence-electron chi connectivity index (χ0n) is 11.0. The van der Waals surface area contributed by atoms with E-state index in [2.05, 4.69) is 10.3 Å². The van der Waals surface area contributed by atoms with Gasteiger partial charge in [-0.1, -0.05) is 26.0 Å². The van der Waals surface area contributed by atoms with E-state index < -0.39 is 0 Å². The molecule has 1 heterocycles. The van der Waals surface area contributed by atoms with E-state index in [0.717, 1.165) is 16.9 Å². The lowest BCUT2D eigenvalue weighted by Gasteiger charge is -2.20. The fourth-order valence-corrected chi connectivity index (χ4v) is 2.02. The molecule has 96 valence electrons. The summed E-state index contributed by atoms with van der Waals surface area (Å²) in [5, 5.41) is 7.98. The Kier molecular flexibility index (Phi) is 2.84. The van der Waals surface area contributed by atoms with Gasteiger partial charge in [0.25, 0.3) is 0 Å². The summed E-state index contributed by atoms with van der Waals surface area (Å²) >= 11 is 0. The van der Waals surface area contributed by atoms with E-state index >= 15 is 0 Å². The Morgan fingerprint density at radius 2 is 1.94 bits per heavy atom. The Bertz CT molecular complexity index is 581. The SMILES string of the molecule is Cc1cc(F)ccc1-n1nnc(N)c1C(C)(C)C. The molecule has 0 aliphatic heterocycles. The minimum absolute atomic E-state index is 0.186. The van der Waals surface area contributed by atoms with Crippen LogP contribution in [0.25, 0.3) is 5.69 Å². The summed E-state index contributed by atoms with van der Waals surface area (Å²) in [4.78, 5) is 0. The van der Waals surface area contributed by atoms with Crippen molar-refractivity contribution < 1.29 is 4.39 Å². The van der Waals surface area contributed by atoms with Gasteiger partial charge in [-0.25, -0.2) is 9.07 Å². The number of aromatic nitrogens is 3. The van der Waals surface area contributed by atoms with Crippen molar-refractivity contribution in [3.05, 3.63) is 35.3 Å². The number of nitrogen functional groups attached to an aromatic ring is 1. The summed E-state index contributed by atoms with van der Waals surface area (Å²) in [5.74, 6) is 0.146. The van der Waals surface area contributed by atoms with Crippen molar-refractivity contribution in [1.82, 2.24) is 15.0 Å². The van der Waals surface area contributed by atoms with Crippen LogP contribution < -0.4 is 5.73 Å². The third-order valence-electron chi connectivity index (χ3n) is 2.79. The molecule has 5 heteroatoms. The number of nitrogens with two attached hydrogens (primary N) is 1. The molecular formula is C13H17FN4. The van der Waals surface area contributed by atoms with E-state index in [1.54, 1.807) is 10.7 Å². The van der Waals surface area contributed by atoms with Gasteiger partial charge in [0.15, 0.2) is 5.82 Å². The number of hydrogen-bond donors (Lipinski definition) is 1. The number of nitrogens with zero attached hydrogens (tertiary/aromatic N) is 3. The Labute approximate surface area is 106 Å². The Balaban J connectivity index is 2.65. The van der Waals surface area contributed by atoms with Crippen LogP contribution in [0.4, 0.5) is 10.2 Å². The van der Waals surface area contributed by atoms with Crippen LogP contribution in [0.1, 0.15) is 32.0 Å². The maximum absolute atomic E-state index is 13.1. The molecule has 0 saturated carbocycles. The van der Waals surface area contributed by atoms with Gasteiger partial charge in [-0.3, -0.25) is 0 Å². The highest BCUT2D eigenvalue weighted by atomic mass is 19.1. The van der Waals surface area contributed by atoms with Crippen LogP contribution in [0.5, 0.6) is 0 Å². The first-order chi connectivity index (χ1) is 8.30. The smallest absolute Gasteiger partial charge is 0.170 e. The fourth-order valence-electron chi connectivity index (χ4n) is 2.02. The fraction of sp³-hybridized carbons (Fsp3) is 0.385. The second kappa shape index (κ2) is 4.08. The summed E-state index contributed by atoms with van der Waals surface area (Å²) in [6.07, 6.45) is 0. The van der Waals surface area contributed by atoms with Crippen molar-refractivity contribution in [2.45, 2.75) is 33.1 Å². The first kappa shape index (κ1) is 12.5. The Morgan fingerprint density at radius 3 is 2.50 bits per heavy atom. The monoisotopic (exact) mass is 248 g/mol. The largest absolute Gasteiger partial charge is 0.381 e.